The first kappa shape index (κ1) is 11.2. The molecule has 14 heavy (non-hydrogen) atoms. The van der Waals surface area contributed by atoms with Gasteiger partial charge in [-0.1, -0.05) is 0 Å². The summed E-state index contributed by atoms with van der Waals surface area (Å²) in [5, 5.41) is 0. The molecule has 0 aromatic rings. The number of nitrogens with two attached hydrogens (primary N) is 2. The van der Waals surface area contributed by atoms with E-state index in [1.165, 1.54) is 0 Å². The highest BCUT2D eigenvalue weighted by Gasteiger charge is 2.56. The summed E-state index contributed by atoms with van der Waals surface area (Å²) in [5.74, 6) is -9.44. The van der Waals surface area contributed by atoms with Crippen molar-refractivity contribution in [3.63, 3.8) is 0 Å². The van der Waals surface area contributed by atoms with Crippen LogP contribution < -0.4 is 11.5 Å². The molecule has 0 radical (unpaired) electrons. The van der Waals surface area contributed by atoms with Crippen molar-refractivity contribution >= 4 is 0 Å². The molecule has 4 N–H and O–H groups in total. The second-order valence-corrected chi connectivity index (χ2v) is 3.30. The standard InChI is InChI=1S/C8H10F4N2/c1-3-5(9)6(10)4(2)8(12,14)7(3,11)13/h13-14H2,1-2H3. The second-order valence-electron chi connectivity index (χ2n) is 3.30. The Labute approximate surface area is 78.3 Å². The Kier molecular flexibility index (Phi) is 2.24. The van der Waals surface area contributed by atoms with Gasteiger partial charge in [0.05, 0.1) is 0 Å². The van der Waals surface area contributed by atoms with Crippen molar-refractivity contribution in [2.45, 2.75) is 25.4 Å². The smallest absolute Gasteiger partial charge is 0.235 e. The average Bonchev–Trinajstić information content (AvgIpc) is 2.10. The van der Waals surface area contributed by atoms with Crippen LogP contribution in [-0.2, 0) is 0 Å². The van der Waals surface area contributed by atoms with Crippen LogP contribution in [0.5, 0.6) is 0 Å². The first-order chi connectivity index (χ1) is 6.14. The van der Waals surface area contributed by atoms with Crippen molar-refractivity contribution in [1.29, 1.82) is 0 Å². The largest absolute Gasteiger partial charge is 0.291 e. The van der Waals surface area contributed by atoms with Gasteiger partial charge < -0.3 is 0 Å². The predicted molar refractivity (Wildman–Crippen MR) is 43.7 cm³/mol. The Morgan fingerprint density at radius 1 is 0.857 bits per heavy atom. The number of allylic oxidation sites excluding steroid dienone is 2. The van der Waals surface area contributed by atoms with Crippen LogP contribution in [0.2, 0.25) is 0 Å². The van der Waals surface area contributed by atoms with Crippen LogP contribution in [0, 0.1) is 0 Å². The summed E-state index contributed by atoms with van der Waals surface area (Å²) in [4.78, 5) is 0. The van der Waals surface area contributed by atoms with E-state index >= 15 is 0 Å². The highest BCUT2D eigenvalue weighted by atomic mass is 19.2. The molecule has 0 saturated heterocycles. The third-order valence-electron chi connectivity index (χ3n) is 2.47. The molecular formula is C8H10F4N2. The van der Waals surface area contributed by atoms with Gasteiger partial charge in [0.1, 0.15) is 0 Å². The summed E-state index contributed by atoms with van der Waals surface area (Å²) in [7, 11) is 0. The molecule has 80 valence electrons. The summed E-state index contributed by atoms with van der Waals surface area (Å²) < 4.78 is 52.9. The molecule has 0 bridgehead atoms. The zero-order valence-electron chi connectivity index (χ0n) is 7.67. The Hall–Kier alpha value is -0.880. The number of hydrogen-bond acceptors (Lipinski definition) is 2. The summed E-state index contributed by atoms with van der Waals surface area (Å²) in [6, 6.07) is 0. The monoisotopic (exact) mass is 210 g/mol. The summed E-state index contributed by atoms with van der Waals surface area (Å²) in [6.45, 7) is 1.70. The zero-order valence-corrected chi connectivity index (χ0v) is 7.67. The van der Waals surface area contributed by atoms with E-state index in [1.807, 2.05) is 0 Å². The van der Waals surface area contributed by atoms with Gasteiger partial charge in [-0.25, -0.2) is 17.6 Å². The van der Waals surface area contributed by atoms with Crippen LogP contribution in [0.1, 0.15) is 13.8 Å². The second kappa shape index (κ2) is 2.80. The van der Waals surface area contributed by atoms with Crippen molar-refractivity contribution in [2.24, 2.45) is 11.5 Å². The molecule has 0 aromatic carbocycles. The van der Waals surface area contributed by atoms with Crippen LogP contribution in [0.4, 0.5) is 17.6 Å². The first-order valence-electron chi connectivity index (χ1n) is 3.83. The summed E-state index contributed by atoms with van der Waals surface area (Å²) >= 11 is 0. The van der Waals surface area contributed by atoms with E-state index in [4.69, 9.17) is 11.5 Å². The molecule has 0 amide bonds. The van der Waals surface area contributed by atoms with Gasteiger partial charge in [-0.3, -0.25) is 11.5 Å². The summed E-state index contributed by atoms with van der Waals surface area (Å²) in [5.41, 5.74) is 7.99. The Bertz CT molecular complexity index is 307. The number of halogens is 4. The zero-order chi connectivity index (χ0) is 11.3. The van der Waals surface area contributed by atoms with Crippen molar-refractivity contribution in [1.82, 2.24) is 0 Å². The summed E-state index contributed by atoms with van der Waals surface area (Å²) in [6.07, 6.45) is 0. The fraction of sp³-hybridized carbons (Fsp3) is 0.500. The van der Waals surface area contributed by atoms with Crippen LogP contribution in [0.3, 0.4) is 0 Å². The van der Waals surface area contributed by atoms with Crippen LogP contribution >= 0.6 is 0 Å². The lowest BCUT2D eigenvalue weighted by Crippen LogP contribution is -2.63. The van der Waals surface area contributed by atoms with Gasteiger partial charge >= 0.3 is 0 Å². The lowest BCUT2D eigenvalue weighted by Gasteiger charge is -2.37. The quantitative estimate of drug-likeness (QED) is 0.472. The minimum atomic E-state index is -3.23. The lowest BCUT2D eigenvalue weighted by molar-refractivity contribution is 0.0145. The molecule has 0 aliphatic heterocycles. The molecule has 0 spiro atoms. The number of alkyl halides is 2. The third kappa shape index (κ3) is 1.10. The Balaban J connectivity index is 3.48. The predicted octanol–water partition coefficient (Wildman–Crippen LogP) is 1.74. The van der Waals surface area contributed by atoms with Crippen LogP contribution in [0.25, 0.3) is 0 Å². The minimum Gasteiger partial charge on any atom is -0.291 e. The molecule has 0 fully saturated rings. The van der Waals surface area contributed by atoms with E-state index in [0.29, 0.717) is 0 Å². The van der Waals surface area contributed by atoms with Crippen LogP contribution in [-0.4, -0.2) is 11.6 Å². The molecule has 1 aliphatic rings. The third-order valence-corrected chi connectivity index (χ3v) is 2.47. The molecule has 2 atom stereocenters. The van der Waals surface area contributed by atoms with Crippen molar-refractivity contribution in [2.75, 3.05) is 0 Å². The van der Waals surface area contributed by atoms with Gasteiger partial charge in [0.15, 0.2) is 11.7 Å². The average molecular weight is 210 g/mol. The topological polar surface area (TPSA) is 52.0 Å². The fourth-order valence-electron chi connectivity index (χ4n) is 1.19. The Morgan fingerprint density at radius 3 is 1.29 bits per heavy atom. The van der Waals surface area contributed by atoms with Crippen LogP contribution in [0.15, 0.2) is 22.8 Å². The van der Waals surface area contributed by atoms with Gasteiger partial charge in [-0.05, 0) is 13.8 Å². The lowest BCUT2D eigenvalue weighted by atomic mass is 9.85. The highest BCUT2D eigenvalue weighted by Crippen LogP contribution is 2.43. The van der Waals surface area contributed by atoms with Gasteiger partial charge in [0, 0.05) is 11.1 Å². The highest BCUT2D eigenvalue weighted by molar-refractivity contribution is 5.44. The first-order valence-corrected chi connectivity index (χ1v) is 3.83. The van der Waals surface area contributed by atoms with E-state index in [-0.39, 0.29) is 0 Å². The minimum absolute atomic E-state index is 0.850. The van der Waals surface area contributed by atoms with E-state index in [1.54, 1.807) is 0 Å². The van der Waals surface area contributed by atoms with E-state index in [9.17, 15) is 17.6 Å². The van der Waals surface area contributed by atoms with Crippen molar-refractivity contribution in [3.8, 4) is 0 Å². The molecule has 6 heteroatoms. The van der Waals surface area contributed by atoms with E-state index in [2.05, 4.69) is 0 Å². The molecule has 1 aliphatic carbocycles. The van der Waals surface area contributed by atoms with Gasteiger partial charge in [0.25, 0.3) is 0 Å². The normalized spacial score (nSPS) is 39.4. The molecule has 0 heterocycles. The molecule has 1 rings (SSSR count). The van der Waals surface area contributed by atoms with Gasteiger partial charge in [-0.2, -0.15) is 0 Å². The maximum absolute atomic E-state index is 13.5. The molecule has 0 aromatic heterocycles. The van der Waals surface area contributed by atoms with E-state index in [0.717, 1.165) is 13.8 Å². The SMILES string of the molecule is CC1=C(F)C(F)=C(C)C(N)(F)C1(N)F. The van der Waals surface area contributed by atoms with Crippen molar-refractivity contribution in [3.05, 3.63) is 22.8 Å². The van der Waals surface area contributed by atoms with Crippen molar-refractivity contribution < 1.29 is 17.6 Å². The van der Waals surface area contributed by atoms with Gasteiger partial charge in [-0.15, -0.1) is 0 Å². The maximum atomic E-state index is 13.5. The van der Waals surface area contributed by atoms with E-state index < -0.39 is 34.4 Å². The molecule has 0 saturated carbocycles. The number of rotatable bonds is 0. The Morgan fingerprint density at radius 2 is 1.07 bits per heavy atom. The maximum Gasteiger partial charge on any atom is 0.235 e. The van der Waals surface area contributed by atoms with Gasteiger partial charge in [0.2, 0.25) is 11.6 Å². The molecule has 2 unspecified atom stereocenters. The number of hydrogen-bond donors (Lipinski definition) is 2. The molecular weight excluding hydrogens is 200 g/mol. The molecule has 2 nitrogen and oxygen atoms in total. The fourth-order valence-corrected chi connectivity index (χ4v) is 1.19.